The smallest absolute Gasteiger partial charge is 0.00979 e. The van der Waals surface area contributed by atoms with Crippen LogP contribution in [0, 0.1) is 5.92 Å². The Bertz CT molecular complexity index is 158. The maximum absolute atomic E-state index is 5.61. The number of fused-ring (bicyclic) bond motifs is 1. The monoisotopic (exact) mass is 182 g/mol. The number of rotatable bonds is 2. The van der Waals surface area contributed by atoms with Crippen LogP contribution in [0.5, 0.6) is 0 Å². The van der Waals surface area contributed by atoms with Gasteiger partial charge in [-0.2, -0.15) is 0 Å². The Kier molecular flexibility index (Phi) is 3.23. The SMILES string of the molecule is NCCC1CCN2CCCCC2C1. The average Bonchev–Trinajstić information content (AvgIpc) is 2.18. The first-order chi connectivity index (χ1) is 6.40. The third-order valence-corrected chi connectivity index (χ3v) is 3.75. The van der Waals surface area contributed by atoms with Crippen LogP contribution < -0.4 is 5.73 Å². The molecule has 0 aromatic carbocycles. The largest absolute Gasteiger partial charge is 0.330 e. The van der Waals surface area contributed by atoms with Crippen LogP contribution in [0.3, 0.4) is 0 Å². The minimum Gasteiger partial charge on any atom is -0.330 e. The van der Waals surface area contributed by atoms with E-state index in [9.17, 15) is 0 Å². The van der Waals surface area contributed by atoms with Gasteiger partial charge in [0.05, 0.1) is 0 Å². The Hall–Kier alpha value is -0.0800. The topological polar surface area (TPSA) is 29.3 Å². The van der Waals surface area contributed by atoms with Gasteiger partial charge in [-0.15, -0.1) is 0 Å². The molecule has 2 unspecified atom stereocenters. The minimum atomic E-state index is 0.886. The number of nitrogens with zero attached hydrogens (tertiary/aromatic N) is 1. The van der Waals surface area contributed by atoms with Crippen molar-refractivity contribution in [2.45, 2.75) is 44.6 Å². The predicted octanol–water partition coefficient (Wildman–Crippen LogP) is 1.60. The van der Waals surface area contributed by atoms with Gasteiger partial charge in [0.2, 0.25) is 0 Å². The summed E-state index contributed by atoms with van der Waals surface area (Å²) in [5.74, 6) is 0.935. The van der Waals surface area contributed by atoms with Crippen LogP contribution in [0.4, 0.5) is 0 Å². The molecule has 2 fully saturated rings. The van der Waals surface area contributed by atoms with E-state index in [1.54, 1.807) is 0 Å². The molecule has 2 nitrogen and oxygen atoms in total. The molecule has 0 aromatic heterocycles. The molecular formula is C11H22N2. The molecular weight excluding hydrogens is 160 g/mol. The van der Waals surface area contributed by atoms with Crippen molar-refractivity contribution in [2.75, 3.05) is 19.6 Å². The second-order valence-electron chi connectivity index (χ2n) is 4.65. The summed E-state index contributed by atoms with van der Waals surface area (Å²) in [6.45, 7) is 3.59. The van der Waals surface area contributed by atoms with E-state index >= 15 is 0 Å². The van der Waals surface area contributed by atoms with Gasteiger partial charge < -0.3 is 10.6 Å². The molecule has 2 aliphatic heterocycles. The molecule has 0 spiro atoms. The summed E-state index contributed by atoms with van der Waals surface area (Å²) in [7, 11) is 0. The zero-order chi connectivity index (χ0) is 9.10. The van der Waals surface area contributed by atoms with E-state index in [4.69, 9.17) is 5.73 Å². The molecule has 0 aromatic rings. The highest BCUT2D eigenvalue weighted by Crippen LogP contribution is 2.30. The molecule has 2 heteroatoms. The molecule has 0 amide bonds. The van der Waals surface area contributed by atoms with Crippen molar-refractivity contribution in [3.8, 4) is 0 Å². The summed E-state index contributed by atoms with van der Waals surface area (Å²) >= 11 is 0. The van der Waals surface area contributed by atoms with Gasteiger partial charge in [-0.05, 0) is 57.7 Å². The molecule has 13 heavy (non-hydrogen) atoms. The zero-order valence-electron chi connectivity index (χ0n) is 8.54. The Morgan fingerprint density at radius 1 is 1.15 bits per heavy atom. The first kappa shape index (κ1) is 9.47. The second-order valence-corrected chi connectivity index (χ2v) is 4.65. The van der Waals surface area contributed by atoms with Gasteiger partial charge in [-0.25, -0.2) is 0 Å². The molecule has 2 heterocycles. The van der Waals surface area contributed by atoms with Gasteiger partial charge in [-0.3, -0.25) is 0 Å². The van der Waals surface area contributed by atoms with Crippen molar-refractivity contribution in [3.63, 3.8) is 0 Å². The Balaban J connectivity index is 1.84. The lowest BCUT2D eigenvalue weighted by Crippen LogP contribution is -2.45. The van der Waals surface area contributed by atoms with Crippen LogP contribution in [-0.2, 0) is 0 Å². The quantitative estimate of drug-likeness (QED) is 0.703. The second kappa shape index (κ2) is 4.43. The van der Waals surface area contributed by atoms with Gasteiger partial charge in [-0.1, -0.05) is 6.42 Å². The number of nitrogens with two attached hydrogens (primary N) is 1. The lowest BCUT2D eigenvalue weighted by molar-refractivity contribution is 0.0769. The number of piperidine rings is 2. The summed E-state index contributed by atoms with van der Waals surface area (Å²) in [6.07, 6.45) is 8.41. The fourth-order valence-electron chi connectivity index (χ4n) is 2.97. The normalized spacial score (nSPS) is 35.8. The maximum atomic E-state index is 5.61. The fraction of sp³-hybridized carbons (Fsp3) is 1.00. The van der Waals surface area contributed by atoms with Crippen LogP contribution in [0.1, 0.15) is 38.5 Å². The van der Waals surface area contributed by atoms with Gasteiger partial charge in [0, 0.05) is 6.04 Å². The first-order valence-corrected chi connectivity index (χ1v) is 5.84. The summed E-state index contributed by atoms with van der Waals surface area (Å²) in [6, 6.07) is 0.916. The van der Waals surface area contributed by atoms with Crippen LogP contribution in [-0.4, -0.2) is 30.6 Å². The number of hydrogen-bond donors (Lipinski definition) is 1. The molecule has 2 rings (SSSR count). The minimum absolute atomic E-state index is 0.886. The van der Waals surface area contributed by atoms with Crippen LogP contribution >= 0.6 is 0 Å². The van der Waals surface area contributed by atoms with E-state index in [0.717, 1.165) is 18.5 Å². The van der Waals surface area contributed by atoms with Crippen molar-refractivity contribution in [1.29, 1.82) is 0 Å². The van der Waals surface area contributed by atoms with Crippen molar-refractivity contribution in [2.24, 2.45) is 11.7 Å². The average molecular weight is 182 g/mol. The lowest BCUT2D eigenvalue weighted by Gasteiger charge is -2.42. The first-order valence-electron chi connectivity index (χ1n) is 5.84. The van der Waals surface area contributed by atoms with E-state index in [-0.39, 0.29) is 0 Å². The van der Waals surface area contributed by atoms with Crippen molar-refractivity contribution >= 4 is 0 Å². The van der Waals surface area contributed by atoms with Crippen molar-refractivity contribution < 1.29 is 0 Å². The molecule has 76 valence electrons. The van der Waals surface area contributed by atoms with Crippen LogP contribution in [0.2, 0.25) is 0 Å². The van der Waals surface area contributed by atoms with E-state index < -0.39 is 0 Å². The zero-order valence-corrected chi connectivity index (χ0v) is 8.54. The summed E-state index contributed by atoms with van der Waals surface area (Å²) < 4.78 is 0. The predicted molar refractivity (Wildman–Crippen MR) is 55.6 cm³/mol. The third-order valence-electron chi connectivity index (χ3n) is 3.75. The van der Waals surface area contributed by atoms with Crippen LogP contribution in [0.15, 0.2) is 0 Å². The Morgan fingerprint density at radius 3 is 2.92 bits per heavy atom. The molecule has 2 N–H and O–H groups in total. The summed E-state index contributed by atoms with van der Waals surface area (Å²) in [4.78, 5) is 2.70. The van der Waals surface area contributed by atoms with Gasteiger partial charge in [0.1, 0.15) is 0 Å². The molecule has 2 atom stereocenters. The van der Waals surface area contributed by atoms with E-state index in [2.05, 4.69) is 4.90 Å². The summed E-state index contributed by atoms with van der Waals surface area (Å²) in [5.41, 5.74) is 5.61. The highest BCUT2D eigenvalue weighted by atomic mass is 15.2. The van der Waals surface area contributed by atoms with Crippen molar-refractivity contribution in [3.05, 3.63) is 0 Å². The highest BCUT2D eigenvalue weighted by Gasteiger charge is 2.29. The van der Waals surface area contributed by atoms with Gasteiger partial charge >= 0.3 is 0 Å². The van der Waals surface area contributed by atoms with Gasteiger partial charge in [0.25, 0.3) is 0 Å². The fourth-order valence-corrected chi connectivity index (χ4v) is 2.97. The maximum Gasteiger partial charge on any atom is 0.00979 e. The number of hydrogen-bond acceptors (Lipinski definition) is 2. The molecule has 0 saturated carbocycles. The summed E-state index contributed by atoms with van der Waals surface area (Å²) in [5, 5.41) is 0. The van der Waals surface area contributed by atoms with E-state index in [1.165, 1.54) is 51.6 Å². The molecule has 2 saturated heterocycles. The Morgan fingerprint density at radius 2 is 2.08 bits per heavy atom. The Labute approximate surface area is 81.5 Å². The highest BCUT2D eigenvalue weighted by molar-refractivity contribution is 4.84. The lowest BCUT2D eigenvalue weighted by atomic mass is 9.84. The standard InChI is InChI=1S/C11H22N2/c12-6-4-10-5-8-13-7-2-1-3-11(13)9-10/h10-11H,1-9,12H2. The molecule has 0 bridgehead atoms. The van der Waals surface area contributed by atoms with Gasteiger partial charge in [0.15, 0.2) is 0 Å². The van der Waals surface area contributed by atoms with E-state index in [0.29, 0.717) is 0 Å². The molecule has 0 radical (unpaired) electrons. The van der Waals surface area contributed by atoms with Crippen molar-refractivity contribution in [1.82, 2.24) is 4.90 Å². The molecule has 2 aliphatic rings. The third kappa shape index (κ3) is 2.23. The van der Waals surface area contributed by atoms with Crippen LogP contribution in [0.25, 0.3) is 0 Å². The van der Waals surface area contributed by atoms with E-state index in [1.807, 2.05) is 0 Å². The molecule has 0 aliphatic carbocycles.